The van der Waals surface area contributed by atoms with Crippen LogP contribution in [0.25, 0.3) is 11.4 Å². The Morgan fingerprint density at radius 1 is 1.19 bits per heavy atom. The van der Waals surface area contributed by atoms with Crippen LogP contribution in [-0.4, -0.2) is 33.8 Å². The zero-order valence-electron chi connectivity index (χ0n) is 14.4. The van der Waals surface area contributed by atoms with Gasteiger partial charge in [-0.2, -0.15) is 4.98 Å². The first-order valence-electron chi connectivity index (χ1n) is 7.90. The molecule has 1 heterocycles. The summed E-state index contributed by atoms with van der Waals surface area (Å²) in [6.07, 6.45) is 0. The van der Waals surface area contributed by atoms with Crippen molar-refractivity contribution in [3.8, 4) is 17.1 Å². The van der Waals surface area contributed by atoms with Crippen LogP contribution in [-0.2, 0) is 13.2 Å². The average molecular weight is 376 g/mol. The van der Waals surface area contributed by atoms with Gasteiger partial charge in [0.15, 0.2) is 5.82 Å². The molecule has 0 unspecified atom stereocenters. The van der Waals surface area contributed by atoms with E-state index in [1.165, 1.54) is 12.1 Å². The van der Waals surface area contributed by atoms with Gasteiger partial charge in [0, 0.05) is 23.7 Å². The van der Waals surface area contributed by atoms with Crippen LogP contribution in [0.5, 0.6) is 5.75 Å². The molecule has 0 atom stereocenters. The number of nitrogens with zero attached hydrogens (tertiary/aromatic N) is 3. The molecular weight excluding hydrogens is 358 g/mol. The zero-order chi connectivity index (χ0) is 18.7. The Morgan fingerprint density at radius 2 is 1.92 bits per heavy atom. The van der Waals surface area contributed by atoms with Gasteiger partial charge in [-0.15, -0.1) is 0 Å². The van der Waals surface area contributed by atoms with Gasteiger partial charge in [-0.3, -0.25) is 10.00 Å². The van der Waals surface area contributed by atoms with E-state index in [9.17, 15) is 8.78 Å². The summed E-state index contributed by atoms with van der Waals surface area (Å²) in [5, 5.41) is 3.14. The number of aromatic amines is 1. The van der Waals surface area contributed by atoms with E-state index in [1.54, 1.807) is 11.8 Å². The minimum atomic E-state index is -0.589. The first-order chi connectivity index (χ1) is 12.5. The number of ether oxygens (including phenoxy) is 1. The summed E-state index contributed by atoms with van der Waals surface area (Å²) in [6, 6.07) is 11.0. The molecule has 1 aromatic heterocycles. The fourth-order valence-electron chi connectivity index (χ4n) is 2.56. The van der Waals surface area contributed by atoms with Gasteiger partial charge in [0.25, 0.3) is 0 Å². The second-order valence-corrected chi connectivity index (χ2v) is 6.27. The van der Waals surface area contributed by atoms with Gasteiger partial charge < -0.3 is 4.74 Å². The monoisotopic (exact) mass is 376 g/mol. The highest BCUT2D eigenvalue weighted by Crippen LogP contribution is 2.19. The van der Waals surface area contributed by atoms with Gasteiger partial charge in [-0.25, -0.2) is 13.5 Å². The lowest BCUT2D eigenvalue weighted by Crippen LogP contribution is -2.23. The molecule has 3 aromatic rings. The van der Waals surface area contributed by atoms with Crippen LogP contribution in [0.15, 0.2) is 42.5 Å². The van der Waals surface area contributed by atoms with E-state index in [4.69, 9.17) is 17.0 Å². The maximum atomic E-state index is 13.8. The van der Waals surface area contributed by atoms with E-state index in [0.717, 1.165) is 17.4 Å². The highest BCUT2D eigenvalue weighted by atomic mass is 32.1. The van der Waals surface area contributed by atoms with Gasteiger partial charge in [0.1, 0.15) is 17.4 Å². The van der Waals surface area contributed by atoms with Crippen molar-refractivity contribution >= 4 is 12.2 Å². The number of methoxy groups -OCH3 is 1. The third-order valence-corrected chi connectivity index (χ3v) is 4.19. The summed E-state index contributed by atoms with van der Waals surface area (Å²) >= 11 is 5.29. The lowest BCUT2D eigenvalue weighted by molar-refractivity contribution is 0.241. The smallest absolute Gasteiger partial charge is 0.217 e. The summed E-state index contributed by atoms with van der Waals surface area (Å²) in [5.41, 5.74) is 1.29. The van der Waals surface area contributed by atoms with Gasteiger partial charge in [-0.1, -0.05) is 6.07 Å². The standard InChI is InChI=1S/C18H18F2N4OS/c1-23(10-13-3-6-14(19)9-16(13)20)11-24-18(26)21-17(22-24)12-4-7-15(25-2)8-5-12/h3-9H,10-11H2,1-2H3,(H,21,22,26). The number of halogens is 2. The molecule has 8 heteroatoms. The topological polar surface area (TPSA) is 46.1 Å². The number of aromatic nitrogens is 3. The van der Waals surface area contributed by atoms with Gasteiger partial charge in [0.05, 0.1) is 13.8 Å². The number of benzene rings is 2. The molecule has 0 saturated heterocycles. The van der Waals surface area contributed by atoms with Crippen LogP contribution < -0.4 is 4.74 Å². The highest BCUT2D eigenvalue weighted by molar-refractivity contribution is 7.71. The molecule has 0 aliphatic rings. The van der Waals surface area contributed by atoms with Crippen LogP contribution in [0.3, 0.4) is 0 Å². The molecule has 0 fully saturated rings. The molecule has 0 amide bonds. The number of rotatable bonds is 6. The van der Waals surface area contributed by atoms with E-state index in [0.29, 0.717) is 29.4 Å². The molecule has 26 heavy (non-hydrogen) atoms. The Balaban J connectivity index is 1.73. The summed E-state index contributed by atoms with van der Waals surface area (Å²) in [4.78, 5) is 6.21. The van der Waals surface area contributed by atoms with E-state index >= 15 is 0 Å². The number of hydrogen-bond acceptors (Lipinski definition) is 4. The van der Waals surface area contributed by atoms with E-state index < -0.39 is 11.6 Å². The van der Waals surface area contributed by atoms with Crippen LogP contribution >= 0.6 is 12.2 Å². The quantitative estimate of drug-likeness (QED) is 0.661. The van der Waals surface area contributed by atoms with E-state index in [1.807, 2.05) is 36.2 Å². The summed E-state index contributed by atoms with van der Waals surface area (Å²) in [5.74, 6) is 0.240. The molecule has 1 N–H and O–H groups in total. The van der Waals surface area contributed by atoms with Gasteiger partial charge in [0.2, 0.25) is 4.77 Å². The van der Waals surface area contributed by atoms with Crippen molar-refractivity contribution in [2.75, 3.05) is 14.2 Å². The molecule has 5 nitrogen and oxygen atoms in total. The molecule has 0 aliphatic carbocycles. The Hall–Kier alpha value is -2.58. The van der Waals surface area contributed by atoms with Crippen molar-refractivity contribution in [3.05, 3.63) is 64.4 Å². The molecule has 0 spiro atoms. The van der Waals surface area contributed by atoms with E-state index in [-0.39, 0.29) is 0 Å². The second-order valence-electron chi connectivity index (χ2n) is 5.90. The fourth-order valence-corrected chi connectivity index (χ4v) is 2.76. The second kappa shape index (κ2) is 7.76. The van der Waals surface area contributed by atoms with Crippen LogP contribution in [0.1, 0.15) is 5.56 Å². The molecule has 3 rings (SSSR count). The first-order valence-corrected chi connectivity index (χ1v) is 8.31. The van der Waals surface area contributed by atoms with Crippen molar-refractivity contribution in [2.45, 2.75) is 13.2 Å². The molecule has 0 bridgehead atoms. The highest BCUT2D eigenvalue weighted by Gasteiger charge is 2.10. The van der Waals surface area contributed by atoms with Crippen LogP contribution in [0.4, 0.5) is 8.78 Å². The predicted molar refractivity (Wildman–Crippen MR) is 97.2 cm³/mol. The Kier molecular flexibility index (Phi) is 5.43. The van der Waals surface area contributed by atoms with Crippen LogP contribution in [0, 0.1) is 16.4 Å². The molecule has 0 radical (unpaired) electrons. The Labute approximate surface area is 154 Å². The Bertz CT molecular complexity index is 953. The number of hydrogen-bond donors (Lipinski definition) is 1. The lowest BCUT2D eigenvalue weighted by Gasteiger charge is -2.17. The minimum Gasteiger partial charge on any atom is -0.497 e. The SMILES string of the molecule is COc1ccc(-c2nc(=S)n(CN(C)Cc3ccc(F)cc3F)[nH]2)cc1. The maximum absolute atomic E-state index is 13.8. The fraction of sp³-hybridized carbons (Fsp3) is 0.222. The van der Waals surface area contributed by atoms with Crippen molar-refractivity contribution in [2.24, 2.45) is 0 Å². The lowest BCUT2D eigenvalue weighted by atomic mass is 10.2. The van der Waals surface area contributed by atoms with Gasteiger partial charge in [-0.05, 0) is 49.6 Å². The Morgan fingerprint density at radius 3 is 2.58 bits per heavy atom. The third kappa shape index (κ3) is 4.14. The number of H-pyrrole nitrogens is 1. The van der Waals surface area contributed by atoms with Crippen molar-refractivity contribution < 1.29 is 13.5 Å². The maximum Gasteiger partial charge on any atom is 0.217 e. The largest absolute Gasteiger partial charge is 0.497 e. The normalized spacial score (nSPS) is 11.1. The predicted octanol–water partition coefficient (Wildman–Crippen LogP) is 3.98. The molecular formula is C18H18F2N4OS. The zero-order valence-corrected chi connectivity index (χ0v) is 15.2. The first kappa shape index (κ1) is 18.2. The van der Waals surface area contributed by atoms with Crippen molar-refractivity contribution in [1.82, 2.24) is 19.7 Å². The molecule has 0 saturated carbocycles. The van der Waals surface area contributed by atoms with Crippen molar-refractivity contribution in [3.63, 3.8) is 0 Å². The minimum absolute atomic E-state index is 0.310. The summed E-state index contributed by atoms with van der Waals surface area (Å²) in [7, 11) is 3.43. The molecule has 136 valence electrons. The van der Waals surface area contributed by atoms with Crippen molar-refractivity contribution in [1.29, 1.82) is 0 Å². The number of nitrogens with one attached hydrogen (secondary N) is 1. The molecule has 0 aliphatic heterocycles. The molecule has 2 aromatic carbocycles. The summed E-state index contributed by atoms with van der Waals surface area (Å²) < 4.78 is 34.0. The third-order valence-electron chi connectivity index (χ3n) is 3.88. The average Bonchev–Trinajstić information content (AvgIpc) is 2.98. The summed E-state index contributed by atoms with van der Waals surface area (Å²) in [6.45, 7) is 0.698. The van der Waals surface area contributed by atoms with E-state index in [2.05, 4.69) is 10.1 Å². The van der Waals surface area contributed by atoms with Crippen LogP contribution in [0.2, 0.25) is 0 Å². The van der Waals surface area contributed by atoms with Gasteiger partial charge >= 0.3 is 0 Å².